The Kier molecular flexibility index (Phi) is 2.71. The van der Waals surface area contributed by atoms with Crippen LogP contribution in [0.4, 0.5) is 4.39 Å². The fraction of sp³-hybridized carbons (Fsp3) is 0.0833. The van der Waals surface area contributed by atoms with Gasteiger partial charge >= 0.3 is 0 Å². The molecule has 1 aromatic carbocycles. The number of hydrogen-bond donors (Lipinski definition) is 0. The van der Waals surface area contributed by atoms with Gasteiger partial charge in [0.25, 0.3) is 5.56 Å². The minimum atomic E-state index is -0.418. The second-order valence-corrected chi connectivity index (χ2v) is 3.48. The number of rotatable bonds is 1. The minimum absolute atomic E-state index is 0.244. The lowest BCUT2D eigenvalue weighted by Gasteiger charge is -2.05. The van der Waals surface area contributed by atoms with Crippen LogP contribution in [-0.4, -0.2) is 9.78 Å². The predicted octanol–water partition coefficient (Wildman–Crippen LogP) is 1.55. The van der Waals surface area contributed by atoms with E-state index >= 15 is 0 Å². The van der Waals surface area contributed by atoms with E-state index in [1.54, 1.807) is 6.92 Å². The molecule has 17 heavy (non-hydrogen) atoms. The van der Waals surface area contributed by atoms with Crippen LogP contribution in [0.1, 0.15) is 11.3 Å². The Balaban J connectivity index is 2.62. The average molecular weight is 229 g/mol. The molecule has 0 aliphatic carbocycles. The zero-order valence-electron chi connectivity index (χ0n) is 9.01. The van der Waals surface area contributed by atoms with E-state index < -0.39 is 5.56 Å². The molecule has 0 N–H and O–H groups in total. The molecule has 0 aliphatic heterocycles. The van der Waals surface area contributed by atoms with Gasteiger partial charge in [0.2, 0.25) is 0 Å². The third-order valence-electron chi connectivity index (χ3n) is 2.31. The van der Waals surface area contributed by atoms with E-state index in [2.05, 4.69) is 5.10 Å². The van der Waals surface area contributed by atoms with Gasteiger partial charge in [-0.25, -0.2) is 4.39 Å². The molecular weight excluding hydrogens is 221 g/mol. The molecule has 0 spiro atoms. The van der Waals surface area contributed by atoms with Gasteiger partial charge in [-0.05, 0) is 31.2 Å². The highest BCUT2D eigenvalue weighted by Gasteiger charge is 2.06. The SMILES string of the molecule is Cc1nn(-c2ccc(F)cc2)c(=O)cc1C#N. The Morgan fingerprint density at radius 1 is 1.35 bits per heavy atom. The maximum absolute atomic E-state index is 12.8. The molecule has 2 rings (SSSR count). The van der Waals surface area contributed by atoms with Gasteiger partial charge in [0, 0.05) is 6.07 Å². The summed E-state index contributed by atoms with van der Waals surface area (Å²) in [4.78, 5) is 11.7. The van der Waals surface area contributed by atoms with E-state index in [-0.39, 0.29) is 11.4 Å². The second kappa shape index (κ2) is 4.18. The molecule has 84 valence electrons. The van der Waals surface area contributed by atoms with Crippen molar-refractivity contribution in [1.29, 1.82) is 5.26 Å². The Labute approximate surface area is 96.6 Å². The lowest BCUT2D eigenvalue weighted by molar-refractivity contribution is 0.626. The van der Waals surface area contributed by atoms with Gasteiger partial charge in [-0.15, -0.1) is 0 Å². The number of aromatic nitrogens is 2. The molecule has 0 aliphatic rings. The first kappa shape index (κ1) is 11.0. The average Bonchev–Trinajstić information content (AvgIpc) is 2.33. The van der Waals surface area contributed by atoms with Crippen molar-refractivity contribution < 1.29 is 4.39 Å². The van der Waals surface area contributed by atoms with E-state index in [4.69, 9.17) is 5.26 Å². The van der Waals surface area contributed by atoms with E-state index in [9.17, 15) is 9.18 Å². The maximum Gasteiger partial charge on any atom is 0.272 e. The summed E-state index contributed by atoms with van der Waals surface area (Å²) < 4.78 is 13.9. The van der Waals surface area contributed by atoms with Gasteiger partial charge in [-0.3, -0.25) is 4.79 Å². The van der Waals surface area contributed by atoms with E-state index in [1.165, 1.54) is 30.3 Å². The quantitative estimate of drug-likeness (QED) is 0.745. The summed E-state index contributed by atoms with van der Waals surface area (Å²) in [5.74, 6) is -0.382. The number of nitriles is 1. The van der Waals surface area contributed by atoms with Crippen LogP contribution in [0.15, 0.2) is 35.1 Å². The largest absolute Gasteiger partial charge is 0.272 e. The fourth-order valence-electron chi connectivity index (χ4n) is 1.42. The van der Waals surface area contributed by atoms with Crippen molar-refractivity contribution in [3.05, 3.63) is 57.8 Å². The predicted molar refractivity (Wildman–Crippen MR) is 59.2 cm³/mol. The molecule has 0 saturated heterocycles. The van der Waals surface area contributed by atoms with E-state index in [1.807, 2.05) is 6.07 Å². The third kappa shape index (κ3) is 2.06. The number of hydrogen-bond acceptors (Lipinski definition) is 3. The standard InChI is InChI=1S/C12H8FN3O/c1-8-9(7-14)6-12(17)16(15-8)11-4-2-10(13)3-5-11/h2-6H,1H3. The molecule has 0 fully saturated rings. The van der Waals surface area contributed by atoms with Crippen molar-refractivity contribution in [3.8, 4) is 11.8 Å². The summed E-state index contributed by atoms with van der Waals surface area (Å²) in [5, 5.41) is 12.8. The Bertz CT molecular complexity index is 653. The highest BCUT2D eigenvalue weighted by Crippen LogP contribution is 2.07. The van der Waals surface area contributed by atoms with Gasteiger partial charge in [-0.1, -0.05) is 0 Å². The molecule has 0 unspecified atom stereocenters. The summed E-state index contributed by atoms with van der Waals surface area (Å²) in [6.07, 6.45) is 0. The molecule has 1 aromatic heterocycles. The first-order valence-corrected chi connectivity index (χ1v) is 4.89. The molecule has 0 atom stereocenters. The van der Waals surface area contributed by atoms with Gasteiger partial charge in [0.1, 0.15) is 11.9 Å². The van der Waals surface area contributed by atoms with Crippen molar-refractivity contribution in [2.24, 2.45) is 0 Å². The zero-order valence-corrected chi connectivity index (χ0v) is 9.01. The van der Waals surface area contributed by atoms with Crippen LogP contribution in [0.5, 0.6) is 0 Å². The van der Waals surface area contributed by atoms with Crippen molar-refractivity contribution in [2.75, 3.05) is 0 Å². The summed E-state index contributed by atoms with van der Waals surface area (Å²) in [7, 11) is 0. The first-order chi connectivity index (χ1) is 8.11. The molecule has 4 nitrogen and oxygen atoms in total. The first-order valence-electron chi connectivity index (χ1n) is 4.89. The molecule has 5 heteroatoms. The molecule has 2 aromatic rings. The molecular formula is C12H8FN3O. The van der Waals surface area contributed by atoms with Crippen molar-refractivity contribution >= 4 is 0 Å². The van der Waals surface area contributed by atoms with Gasteiger partial charge in [0.05, 0.1) is 16.9 Å². The number of nitrogens with zero attached hydrogens (tertiary/aromatic N) is 3. The van der Waals surface area contributed by atoms with Gasteiger partial charge in [0.15, 0.2) is 0 Å². The van der Waals surface area contributed by atoms with Crippen molar-refractivity contribution in [3.63, 3.8) is 0 Å². The number of aryl methyl sites for hydroxylation is 1. The molecule has 0 radical (unpaired) electrons. The second-order valence-electron chi connectivity index (χ2n) is 3.48. The van der Waals surface area contributed by atoms with Crippen LogP contribution in [0, 0.1) is 24.1 Å². The van der Waals surface area contributed by atoms with Crippen molar-refractivity contribution in [2.45, 2.75) is 6.92 Å². The number of benzene rings is 1. The van der Waals surface area contributed by atoms with E-state index in [0.29, 0.717) is 11.4 Å². The van der Waals surface area contributed by atoms with Crippen LogP contribution in [-0.2, 0) is 0 Å². The van der Waals surface area contributed by atoms with Crippen LogP contribution < -0.4 is 5.56 Å². The Morgan fingerprint density at radius 3 is 2.59 bits per heavy atom. The zero-order chi connectivity index (χ0) is 12.4. The molecule has 1 heterocycles. The van der Waals surface area contributed by atoms with Crippen LogP contribution in [0.3, 0.4) is 0 Å². The topological polar surface area (TPSA) is 58.7 Å². The molecule has 0 saturated carbocycles. The van der Waals surface area contributed by atoms with Crippen LogP contribution >= 0.6 is 0 Å². The fourth-order valence-corrected chi connectivity index (χ4v) is 1.42. The van der Waals surface area contributed by atoms with Crippen LogP contribution in [0.25, 0.3) is 5.69 Å². The molecule has 0 bridgehead atoms. The highest BCUT2D eigenvalue weighted by atomic mass is 19.1. The Morgan fingerprint density at radius 2 is 2.00 bits per heavy atom. The highest BCUT2D eigenvalue weighted by molar-refractivity contribution is 5.35. The van der Waals surface area contributed by atoms with Crippen LogP contribution in [0.2, 0.25) is 0 Å². The summed E-state index contributed by atoms with van der Waals surface area (Å²) in [5.41, 5.74) is 0.743. The smallest absolute Gasteiger partial charge is 0.267 e. The lowest BCUT2D eigenvalue weighted by Crippen LogP contribution is -2.22. The number of halogens is 1. The Hall–Kier alpha value is -2.48. The van der Waals surface area contributed by atoms with E-state index in [0.717, 1.165) is 4.68 Å². The lowest BCUT2D eigenvalue weighted by atomic mass is 10.2. The minimum Gasteiger partial charge on any atom is -0.267 e. The van der Waals surface area contributed by atoms with Gasteiger partial charge < -0.3 is 0 Å². The summed E-state index contributed by atoms with van der Waals surface area (Å²) >= 11 is 0. The summed E-state index contributed by atoms with van der Waals surface area (Å²) in [6, 6.07) is 8.50. The monoisotopic (exact) mass is 229 g/mol. The van der Waals surface area contributed by atoms with Crippen molar-refractivity contribution in [1.82, 2.24) is 9.78 Å². The maximum atomic E-state index is 12.8. The van der Waals surface area contributed by atoms with Gasteiger partial charge in [-0.2, -0.15) is 15.0 Å². The third-order valence-corrected chi connectivity index (χ3v) is 2.31. The molecule has 0 amide bonds. The normalized spacial score (nSPS) is 9.94. The summed E-state index contributed by atoms with van der Waals surface area (Å²) in [6.45, 7) is 1.64.